The molecular formula is C18H13N3O2S. The molecule has 1 aliphatic rings. The normalized spacial score (nSPS) is 16.4. The molecule has 0 saturated carbocycles. The largest absolute Gasteiger partial charge is 0.480 e. The zero-order valence-corrected chi connectivity index (χ0v) is 13.6. The number of nitriles is 1. The Hall–Kier alpha value is -3.04. The van der Waals surface area contributed by atoms with E-state index in [1.807, 2.05) is 54.8 Å². The summed E-state index contributed by atoms with van der Waals surface area (Å²) in [5.41, 5.74) is 2.63. The van der Waals surface area contributed by atoms with Gasteiger partial charge in [-0.25, -0.2) is 4.68 Å². The topological polar surface area (TPSA) is 71.1 Å². The lowest BCUT2D eigenvalue weighted by Crippen LogP contribution is -2.16. The molecule has 0 amide bonds. The number of aromatic nitrogens is 2. The van der Waals surface area contributed by atoms with E-state index in [1.165, 1.54) is 11.3 Å². The summed E-state index contributed by atoms with van der Waals surface area (Å²) in [6.07, 6.45) is 0. The van der Waals surface area contributed by atoms with Crippen molar-refractivity contribution < 1.29 is 9.84 Å². The van der Waals surface area contributed by atoms with E-state index in [9.17, 15) is 10.4 Å². The smallest absolute Gasteiger partial charge is 0.298 e. The highest BCUT2D eigenvalue weighted by molar-refractivity contribution is 7.10. The summed E-state index contributed by atoms with van der Waals surface area (Å²) in [7, 11) is 0. The SMILES string of the molecule is Cc1nn(-c2ccccc2)c2c1C(c1cccs1)C(C#N)=C(O)O2. The van der Waals surface area contributed by atoms with Crippen molar-refractivity contribution in [2.75, 3.05) is 0 Å². The molecule has 118 valence electrons. The highest BCUT2D eigenvalue weighted by atomic mass is 32.1. The maximum Gasteiger partial charge on any atom is 0.298 e. The molecule has 0 aliphatic carbocycles. The van der Waals surface area contributed by atoms with Crippen LogP contribution in [0.25, 0.3) is 5.69 Å². The second kappa shape index (κ2) is 5.55. The Bertz CT molecular complexity index is 966. The lowest BCUT2D eigenvalue weighted by Gasteiger charge is -2.22. The van der Waals surface area contributed by atoms with Gasteiger partial charge in [0, 0.05) is 4.88 Å². The van der Waals surface area contributed by atoms with Crippen molar-refractivity contribution in [3.63, 3.8) is 0 Å². The number of aliphatic hydroxyl groups excluding tert-OH is 1. The van der Waals surface area contributed by atoms with E-state index >= 15 is 0 Å². The summed E-state index contributed by atoms with van der Waals surface area (Å²) < 4.78 is 7.25. The fraction of sp³-hybridized carbons (Fsp3) is 0.111. The van der Waals surface area contributed by atoms with E-state index in [2.05, 4.69) is 11.2 Å². The molecule has 3 aromatic rings. The van der Waals surface area contributed by atoms with Gasteiger partial charge in [-0.05, 0) is 30.5 Å². The molecule has 4 rings (SSSR count). The minimum Gasteiger partial charge on any atom is -0.480 e. The minimum absolute atomic E-state index is 0.209. The minimum atomic E-state index is -0.365. The summed E-state index contributed by atoms with van der Waals surface area (Å²) in [5.74, 6) is -0.273. The van der Waals surface area contributed by atoms with Crippen LogP contribution < -0.4 is 4.74 Å². The van der Waals surface area contributed by atoms with Gasteiger partial charge in [-0.3, -0.25) is 0 Å². The third-order valence-electron chi connectivity index (χ3n) is 4.01. The van der Waals surface area contributed by atoms with Crippen molar-refractivity contribution in [3.8, 4) is 17.6 Å². The number of aryl methyl sites for hydroxylation is 1. The van der Waals surface area contributed by atoms with Crippen LogP contribution in [0, 0.1) is 18.3 Å². The highest BCUT2D eigenvalue weighted by Gasteiger charge is 2.37. The predicted octanol–water partition coefficient (Wildman–Crippen LogP) is 4.06. The summed E-state index contributed by atoms with van der Waals surface area (Å²) >= 11 is 1.54. The Morgan fingerprint density at radius 2 is 2.04 bits per heavy atom. The fourth-order valence-electron chi connectivity index (χ4n) is 2.96. The molecule has 0 radical (unpaired) electrons. The number of benzene rings is 1. The molecule has 1 aliphatic heterocycles. The number of fused-ring (bicyclic) bond motifs is 1. The van der Waals surface area contributed by atoms with Crippen LogP contribution in [-0.4, -0.2) is 14.9 Å². The first-order chi connectivity index (χ1) is 11.7. The van der Waals surface area contributed by atoms with Crippen molar-refractivity contribution in [1.82, 2.24) is 9.78 Å². The molecule has 2 aromatic heterocycles. The first-order valence-electron chi connectivity index (χ1n) is 7.40. The molecule has 0 spiro atoms. The number of hydrogen-bond donors (Lipinski definition) is 1. The van der Waals surface area contributed by atoms with E-state index in [1.54, 1.807) is 4.68 Å². The van der Waals surface area contributed by atoms with Crippen molar-refractivity contribution in [1.29, 1.82) is 5.26 Å². The van der Waals surface area contributed by atoms with Gasteiger partial charge >= 0.3 is 0 Å². The number of hydrogen-bond acceptors (Lipinski definition) is 5. The number of thiophene rings is 1. The Morgan fingerprint density at radius 1 is 1.25 bits per heavy atom. The van der Waals surface area contributed by atoms with E-state index < -0.39 is 0 Å². The first-order valence-corrected chi connectivity index (χ1v) is 8.28. The Kier molecular flexibility index (Phi) is 3.36. The summed E-state index contributed by atoms with van der Waals surface area (Å²) in [5, 5.41) is 26.3. The molecule has 0 bridgehead atoms. The van der Waals surface area contributed by atoms with Gasteiger partial charge in [0.2, 0.25) is 5.88 Å². The molecule has 1 aromatic carbocycles. The van der Waals surface area contributed by atoms with Gasteiger partial charge in [0.15, 0.2) is 0 Å². The number of aliphatic hydroxyl groups is 1. The van der Waals surface area contributed by atoms with Gasteiger partial charge in [0.05, 0.1) is 22.9 Å². The number of ether oxygens (including phenoxy) is 1. The van der Waals surface area contributed by atoms with Crippen LogP contribution in [0.2, 0.25) is 0 Å². The first kappa shape index (κ1) is 14.5. The monoisotopic (exact) mass is 335 g/mol. The average molecular weight is 335 g/mol. The molecule has 3 heterocycles. The van der Waals surface area contributed by atoms with Crippen LogP contribution in [0.4, 0.5) is 0 Å². The third kappa shape index (κ3) is 2.10. The Labute approximate surface area is 142 Å². The second-order valence-electron chi connectivity index (χ2n) is 5.43. The van der Waals surface area contributed by atoms with E-state index in [0.717, 1.165) is 21.8 Å². The Morgan fingerprint density at radius 3 is 2.71 bits per heavy atom. The van der Waals surface area contributed by atoms with Crippen molar-refractivity contribution in [2.45, 2.75) is 12.8 Å². The average Bonchev–Trinajstić information content (AvgIpc) is 3.23. The predicted molar refractivity (Wildman–Crippen MR) is 90.4 cm³/mol. The lowest BCUT2D eigenvalue weighted by molar-refractivity contribution is 0.185. The highest BCUT2D eigenvalue weighted by Crippen LogP contribution is 2.46. The van der Waals surface area contributed by atoms with E-state index in [4.69, 9.17) is 4.74 Å². The Balaban J connectivity index is 1.97. The molecular weight excluding hydrogens is 322 g/mol. The van der Waals surface area contributed by atoms with Gasteiger partial charge in [0.25, 0.3) is 5.95 Å². The van der Waals surface area contributed by atoms with Gasteiger partial charge in [-0.15, -0.1) is 11.3 Å². The molecule has 1 unspecified atom stereocenters. The third-order valence-corrected chi connectivity index (χ3v) is 4.95. The lowest BCUT2D eigenvalue weighted by atomic mass is 9.89. The molecule has 6 heteroatoms. The van der Waals surface area contributed by atoms with Crippen molar-refractivity contribution in [3.05, 3.63) is 75.5 Å². The van der Waals surface area contributed by atoms with Gasteiger partial charge in [-0.1, -0.05) is 24.3 Å². The maximum atomic E-state index is 10.3. The summed E-state index contributed by atoms with van der Waals surface area (Å²) in [6, 6.07) is 15.5. The van der Waals surface area contributed by atoms with Crippen LogP contribution in [-0.2, 0) is 0 Å². The van der Waals surface area contributed by atoms with Crippen LogP contribution in [0.1, 0.15) is 22.1 Å². The van der Waals surface area contributed by atoms with Gasteiger partial charge in [0.1, 0.15) is 11.6 Å². The number of rotatable bonds is 2. The van der Waals surface area contributed by atoms with Gasteiger partial charge in [-0.2, -0.15) is 10.4 Å². The molecule has 5 nitrogen and oxygen atoms in total. The molecule has 0 saturated heterocycles. The van der Waals surface area contributed by atoms with Crippen LogP contribution in [0.15, 0.2) is 59.4 Å². The van der Waals surface area contributed by atoms with E-state index in [0.29, 0.717) is 5.88 Å². The molecule has 24 heavy (non-hydrogen) atoms. The van der Waals surface area contributed by atoms with Crippen molar-refractivity contribution >= 4 is 11.3 Å². The van der Waals surface area contributed by atoms with Crippen LogP contribution in [0.5, 0.6) is 5.88 Å². The molecule has 1 atom stereocenters. The molecule has 1 N–H and O–H groups in total. The zero-order chi connectivity index (χ0) is 16.7. The number of nitrogens with zero attached hydrogens (tertiary/aromatic N) is 3. The maximum absolute atomic E-state index is 10.3. The van der Waals surface area contributed by atoms with Crippen molar-refractivity contribution in [2.24, 2.45) is 0 Å². The van der Waals surface area contributed by atoms with E-state index in [-0.39, 0.29) is 17.4 Å². The fourth-order valence-corrected chi connectivity index (χ4v) is 3.80. The summed E-state index contributed by atoms with van der Waals surface area (Å²) in [4.78, 5) is 0.971. The number of para-hydroxylation sites is 1. The quantitative estimate of drug-likeness (QED) is 0.766. The van der Waals surface area contributed by atoms with Crippen LogP contribution >= 0.6 is 11.3 Å². The summed E-state index contributed by atoms with van der Waals surface area (Å²) in [6.45, 7) is 1.89. The standard InChI is InChI=1S/C18H13N3O2S/c1-11-15-16(14-8-5-9-24-14)13(10-19)18(22)23-17(15)21(20-11)12-6-3-2-4-7-12/h2-9,16,22H,1H3. The zero-order valence-electron chi connectivity index (χ0n) is 12.8. The molecule has 0 fully saturated rings. The van der Waals surface area contributed by atoms with Crippen LogP contribution in [0.3, 0.4) is 0 Å². The van der Waals surface area contributed by atoms with Gasteiger partial charge < -0.3 is 9.84 Å². The number of allylic oxidation sites excluding steroid dienone is 1. The second-order valence-corrected chi connectivity index (χ2v) is 6.41.